The van der Waals surface area contributed by atoms with Crippen molar-refractivity contribution in [2.24, 2.45) is 0 Å². The first-order valence-electron chi connectivity index (χ1n) is 16.6. The van der Waals surface area contributed by atoms with Gasteiger partial charge >= 0.3 is 0 Å². The van der Waals surface area contributed by atoms with Crippen LogP contribution in [-0.4, -0.2) is 15.0 Å². The Kier molecular flexibility index (Phi) is 6.42. The van der Waals surface area contributed by atoms with Crippen LogP contribution in [0.15, 0.2) is 173 Å². The molecule has 5 nitrogen and oxygen atoms in total. The van der Waals surface area contributed by atoms with Gasteiger partial charge in [-0.2, -0.15) is 0 Å². The van der Waals surface area contributed by atoms with Crippen LogP contribution in [0.5, 0.6) is 0 Å². The number of hydrogen-bond acceptors (Lipinski definition) is 5. The lowest BCUT2D eigenvalue weighted by atomic mass is 9.93. The molecule has 4 aromatic heterocycles. The zero-order valence-electron chi connectivity index (χ0n) is 26.7. The molecule has 0 bridgehead atoms. The van der Waals surface area contributed by atoms with Crippen molar-refractivity contribution >= 4 is 43.9 Å². The second kappa shape index (κ2) is 11.4. The molecule has 5 heteroatoms. The molecule has 234 valence electrons. The fourth-order valence-corrected chi connectivity index (χ4v) is 7.08. The van der Waals surface area contributed by atoms with Crippen LogP contribution in [-0.2, 0) is 0 Å². The summed E-state index contributed by atoms with van der Waals surface area (Å²) in [5.74, 6) is 0.652. The maximum atomic E-state index is 6.75. The first-order chi connectivity index (χ1) is 24.8. The van der Waals surface area contributed by atoms with Crippen molar-refractivity contribution in [3.05, 3.63) is 164 Å². The smallest absolute Gasteiger partial charge is 0.160 e. The molecule has 10 rings (SSSR count). The van der Waals surface area contributed by atoms with Crippen LogP contribution in [0.3, 0.4) is 0 Å². The fourth-order valence-electron chi connectivity index (χ4n) is 7.08. The molecule has 0 saturated heterocycles. The highest BCUT2D eigenvalue weighted by atomic mass is 16.3. The lowest BCUT2D eigenvalue weighted by Gasteiger charge is -2.12. The summed E-state index contributed by atoms with van der Waals surface area (Å²) in [6.45, 7) is 0. The number of rotatable bonds is 5. The highest BCUT2D eigenvalue weighted by Crippen LogP contribution is 2.45. The normalized spacial score (nSPS) is 11.6. The molecule has 10 aromatic rings. The van der Waals surface area contributed by atoms with Gasteiger partial charge in [0.05, 0.1) is 11.4 Å². The largest absolute Gasteiger partial charge is 0.456 e. The molecule has 0 unspecified atom stereocenters. The van der Waals surface area contributed by atoms with Crippen molar-refractivity contribution < 1.29 is 8.83 Å². The predicted molar refractivity (Wildman–Crippen MR) is 202 cm³/mol. The Bertz CT molecular complexity index is 2850. The molecule has 0 spiro atoms. The molecule has 0 N–H and O–H groups in total. The molecule has 0 aliphatic carbocycles. The van der Waals surface area contributed by atoms with Gasteiger partial charge in [-0.05, 0) is 64.7 Å². The van der Waals surface area contributed by atoms with Crippen LogP contribution in [0.1, 0.15) is 0 Å². The molecule has 0 amide bonds. The van der Waals surface area contributed by atoms with E-state index in [2.05, 4.69) is 83.8 Å². The summed E-state index contributed by atoms with van der Waals surface area (Å²) in [6.07, 6.45) is 3.63. The average Bonchev–Trinajstić information content (AvgIpc) is 3.77. The van der Waals surface area contributed by atoms with Gasteiger partial charge in [0.15, 0.2) is 5.82 Å². The minimum absolute atomic E-state index is 0.652. The number of aromatic nitrogens is 3. The minimum atomic E-state index is 0.652. The SMILES string of the molecule is c1ccc(-c2nc(-c3ccc(-c4ccncc4)cc3)cc(-c3ccc(-c4cccc5oc6ccccc6c45)c4c3oc3ccccc34)n2)cc1. The van der Waals surface area contributed by atoms with Crippen LogP contribution in [0, 0.1) is 0 Å². The Labute approximate surface area is 287 Å². The summed E-state index contributed by atoms with van der Waals surface area (Å²) in [4.78, 5) is 14.4. The van der Waals surface area contributed by atoms with Gasteiger partial charge in [0.25, 0.3) is 0 Å². The Hall–Kier alpha value is -6.85. The van der Waals surface area contributed by atoms with Crippen molar-refractivity contribution in [2.75, 3.05) is 0 Å². The summed E-state index contributed by atoms with van der Waals surface area (Å²) in [5.41, 5.74) is 12.2. The molecular weight excluding hydrogens is 615 g/mol. The fraction of sp³-hybridized carbons (Fsp3) is 0. The van der Waals surface area contributed by atoms with E-state index in [0.717, 1.165) is 94.2 Å². The topological polar surface area (TPSA) is 65.0 Å². The number of nitrogens with zero attached hydrogens (tertiary/aromatic N) is 3. The summed E-state index contributed by atoms with van der Waals surface area (Å²) in [7, 11) is 0. The van der Waals surface area contributed by atoms with E-state index in [9.17, 15) is 0 Å². The highest BCUT2D eigenvalue weighted by Gasteiger charge is 2.22. The van der Waals surface area contributed by atoms with Gasteiger partial charge in [0.1, 0.15) is 22.3 Å². The number of fused-ring (bicyclic) bond motifs is 6. The number of para-hydroxylation sites is 2. The van der Waals surface area contributed by atoms with Crippen molar-refractivity contribution in [2.45, 2.75) is 0 Å². The Morgan fingerprint density at radius 1 is 0.380 bits per heavy atom. The zero-order valence-corrected chi connectivity index (χ0v) is 26.7. The van der Waals surface area contributed by atoms with Crippen LogP contribution in [0.2, 0.25) is 0 Å². The van der Waals surface area contributed by atoms with E-state index in [4.69, 9.17) is 18.8 Å². The maximum absolute atomic E-state index is 6.75. The van der Waals surface area contributed by atoms with Gasteiger partial charge in [0, 0.05) is 50.6 Å². The van der Waals surface area contributed by atoms with E-state index in [0.29, 0.717) is 5.82 Å². The molecule has 0 fully saturated rings. The molecule has 0 aliphatic heterocycles. The lowest BCUT2D eigenvalue weighted by molar-refractivity contribution is 0.668. The van der Waals surface area contributed by atoms with E-state index in [1.54, 1.807) is 0 Å². The molecule has 0 atom stereocenters. The number of hydrogen-bond donors (Lipinski definition) is 0. The van der Waals surface area contributed by atoms with Crippen LogP contribution < -0.4 is 0 Å². The first kappa shape index (κ1) is 28.2. The van der Waals surface area contributed by atoms with Gasteiger partial charge in [-0.1, -0.05) is 109 Å². The minimum Gasteiger partial charge on any atom is -0.456 e. The predicted octanol–water partition coefficient (Wildman–Crippen LogP) is 12.0. The first-order valence-corrected chi connectivity index (χ1v) is 16.6. The van der Waals surface area contributed by atoms with Crippen molar-refractivity contribution in [3.8, 4) is 56.2 Å². The quantitative estimate of drug-likeness (QED) is 0.187. The second-order valence-electron chi connectivity index (χ2n) is 12.4. The molecule has 4 heterocycles. The summed E-state index contributed by atoms with van der Waals surface area (Å²) >= 11 is 0. The van der Waals surface area contributed by atoms with Gasteiger partial charge in [-0.25, -0.2) is 9.97 Å². The van der Waals surface area contributed by atoms with E-state index < -0.39 is 0 Å². The van der Waals surface area contributed by atoms with Crippen molar-refractivity contribution in [1.29, 1.82) is 0 Å². The Morgan fingerprint density at radius 2 is 0.980 bits per heavy atom. The summed E-state index contributed by atoms with van der Waals surface area (Å²) in [6, 6.07) is 51.8. The standard InChI is InChI=1S/C45H27N3O2/c1-2-9-31(10-3-1)45-47-37(30-19-17-28(18-20-30)29-23-25-46-26-24-29)27-38(48-45)34-22-21-33(43-36-12-5-7-15-40(36)50-44(34)43)32-13-8-16-41-42(32)35-11-4-6-14-39(35)49-41/h1-27H. The molecule has 50 heavy (non-hydrogen) atoms. The van der Waals surface area contributed by atoms with E-state index >= 15 is 0 Å². The van der Waals surface area contributed by atoms with Gasteiger partial charge in [-0.15, -0.1) is 0 Å². The van der Waals surface area contributed by atoms with Crippen LogP contribution >= 0.6 is 0 Å². The van der Waals surface area contributed by atoms with Crippen LogP contribution in [0.4, 0.5) is 0 Å². The molecule has 0 saturated carbocycles. The Balaban J connectivity index is 1.21. The third-order valence-electron chi connectivity index (χ3n) is 9.45. The Morgan fingerprint density at radius 3 is 1.78 bits per heavy atom. The third kappa shape index (κ3) is 4.60. The van der Waals surface area contributed by atoms with E-state index in [-0.39, 0.29) is 0 Å². The van der Waals surface area contributed by atoms with Gasteiger partial charge < -0.3 is 8.83 Å². The third-order valence-corrected chi connectivity index (χ3v) is 9.45. The summed E-state index contributed by atoms with van der Waals surface area (Å²) < 4.78 is 13.0. The van der Waals surface area contributed by atoms with Gasteiger partial charge in [-0.3, -0.25) is 4.98 Å². The number of benzene rings is 6. The second-order valence-corrected chi connectivity index (χ2v) is 12.4. The highest BCUT2D eigenvalue weighted by molar-refractivity contribution is 6.21. The molecule has 6 aromatic carbocycles. The molecule has 0 aliphatic rings. The lowest BCUT2D eigenvalue weighted by Crippen LogP contribution is -1.96. The van der Waals surface area contributed by atoms with Crippen molar-refractivity contribution in [1.82, 2.24) is 15.0 Å². The number of pyridine rings is 1. The van der Waals surface area contributed by atoms with Crippen molar-refractivity contribution in [3.63, 3.8) is 0 Å². The molecular formula is C45H27N3O2. The maximum Gasteiger partial charge on any atom is 0.160 e. The summed E-state index contributed by atoms with van der Waals surface area (Å²) in [5, 5.41) is 4.27. The zero-order chi connectivity index (χ0) is 33.0. The van der Waals surface area contributed by atoms with E-state index in [1.165, 1.54) is 0 Å². The average molecular weight is 642 g/mol. The number of furan rings is 2. The van der Waals surface area contributed by atoms with Crippen LogP contribution in [0.25, 0.3) is 100 Å². The monoisotopic (exact) mass is 641 g/mol. The van der Waals surface area contributed by atoms with E-state index in [1.807, 2.05) is 85.2 Å². The van der Waals surface area contributed by atoms with Gasteiger partial charge in [0.2, 0.25) is 0 Å². The molecule has 0 radical (unpaired) electrons.